The molecule has 1 saturated heterocycles. The molecule has 0 spiro atoms. The summed E-state index contributed by atoms with van der Waals surface area (Å²) >= 11 is 11.9. The Kier molecular flexibility index (Phi) is 4.46. The average molecular weight is 287 g/mol. The van der Waals surface area contributed by atoms with Crippen molar-refractivity contribution in [1.82, 2.24) is 9.88 Å². The number of pyridine rings is 1. The van der Waals surface area contributed by atoms with E-state index in [1.807, 2.05) is 4.90 Å². The first-order valence-corrected chi connectivity index (χ1v) is 6.90. The van der Waals surface area contributed by atoms with Gasteiger partial charge >= 0.3 is 0 Å². The van der Waals surface area contributed by atoms with Crippen molar-refractivity contribution in [3.8, 4) is 0 Å². The monoisotopic (exact) mass is 286 g/mol. The number of rotatable bonds is 2. The molecule has 0 aromatic carbocycles. The lowest BCUT2D eigenvalue weighted by Crippen LogP contribution is -2.30. The fourth-order valence-electron chi connectivity index (χ4n) is 2.09. The fraction of sp³-hybridized carbons (Fsp3) is 0.538. The van der Waals surface area contributed by atoms with Crippen LogP contribution in [0.4, 0.5) is 0 Å². The molecule has 1 aliphatic rings. The van der Waals surface area contributed by atoms with Crippen LogP contribution in [0.15, 0.2) is 12.1 Å². The van der Waals surface area contributed by atoms with Gasteiger partial charge in [0.05, 0.1) is 17.3 Å². The summed E-state index contributed by atoms with van der Waals surface area (Å²) < 4.78 is 0. The van der Waals surface area contributed by atoms with E-state index in [9.17, 15) is 4.79 Å². The van der Waals surface area contributed by atoms with Crippen LogP contribution in [-0.4, -0.2) is 22.3 Å². The normalized spacial score (nSPS) is 20.9. The Balaban J connectivity index is 2.12. The minimum Gasteiger partial charge on any atom is -0.337 e. The van der Waals surface area contributed by atoms with Gasteiger partial charge in [-0.15, -0.1) is 0 Å². The fourth-order valence-corrected chi connectivity index (χ4v) is 2.42. The first kappa shape index (κ1) is 13.6. The molecular formula is C13H16Cl2N2O. The molecule has 3 nitrogen and oxygen atoms in total. The van der Waals surface area contributed by atoms with Crippen LogP contribution in [0.25, 0.3) is 0 Å². The smallest absolute Gasteiger partial charge is 0.222 e. The number of amides is 1. The number of halogens is 2. The van der Waals surface area contributed by atoms with E-state index >= 15 is 0 Å². The predicted octanol–water partition coefficient (Wildman–Crippen LogP) is 3.54. The topological polar surface area (TPSA) is 33.2 Å². The SMILES string of the molecule is CC1CCC(=O)N(Cc2nc(Cl)ccc2Cl)CC1. The van der Waals surface area contributed by atoms with Crippen LogP contribution in [0.5, 0.6) is 0 Å². The summed E-state index contributed by atoms with van der Waals surface area (Å²) in [6.07, 6.45) is 2.61. The highest BCUT2D eigenvalue weighted by Crippen LogP contribution is 2.22. The molecule has 1 fully saturated rings. The summed E-state index contributed by atoms with van der Waals surface area (Å²) in [4.78, 5) is 18.0. The number of hydrogen-bond donors (Lipinski definition) is 0. The number of hydrogen-bond acceptors (Lipinski definition) is 2. The van der Waals surface area contributed by atoms with Crippen molar-refractivity contribution in [2.75, 3.05) is 6.54 Å². The molecule has 1 aromatic heterocycles. The van der Waals surface area contributed by atoms with Gasteiger partial charge in [-0.2, -0.15) is 0 Å². The molecule has 98 valence electrons. The van der Waals surface area contributed by atoms with Crippen molar-refractivity contribution in [1.29, 1.82) is 0 Å². The van der Waals surface area contributed by atoms with Gasteiger partial charge < -0.3 is 4.90 Å². The highest BCUT2D eigenvalue weighted by molar-refractivity contribution is 6.32. The number of nitrogens with zero attached hydrogens (tertiary/aromatic N) is 2. The largest absolute Gasteiger partial charge is 0.337 e. The van der Waals surface area contributed by atoms with Gasteiger partial charge in [0, 0.05) is 13.0 Å². The first-order valence-electron chi connectivity index (χ1n) is 6.15. The summed E-state index contributed by atoms with van der Waals surface area (Å²) in [5, 5.41) is 0.967. The van der Waals surface area contributed by atoms with Gasteiger partial charge in [-0.05, 0) is 30.9 Å². The van der Waals surface area contributed by atoms with E-state index in [4.69, 9.17) is 23.2 Å². The van der Waals surface area contributed by atoms with Crippen molar-refractivity contribution < 1.29 is 4.79 Å². The standard InChI is InChI=1S/C13H16Cl2N2O/c1-9-2-5-13(18)17(7-6-9)8-11-10(14)3-4-12(15)16-11/h3-4,9H,2,5-8H2,1H3. The van der Waals surface area contributed by atoms with E-state index in [2.05, 4.69) is 11.9 Å². The first-order chi connectivity index (χ1) is 8.56. The maximum atomic E-state index is 12.0. The number of carbonyl (C=O) groups excluding carboxylic acids is 1. The van der Waals surface area contributed by atoms with Gasteiger partial charge in [0.15, 0.2) is 0 Å². The average Bonchev–Trinajstić information content (AvgIpc) is 2.49. The summed E-state index contributed by atoms with van der Waals surface area (Å²) in [6.45, 7) is 3.40. The van der Waals surface area contributed by atoms with E-state index in [1.54, 1.807) is 12.1 Å². The second-order valence-electron chi connectivity index (χ2n) is 4.81. The van der Waals surface area contributed by atoms with Crippen LogP contribution in [-0.2, 0) is 11.3 Å². The highest BCUT2D eigenvalue weighted by Gasteiger charge is 2.21. The lowest BCUT2D eigenvalue weighted by atomic mass is 10.0. The van der Waals surface area contributed by atoms with Crippen molar-refractivity contribution in [3.63, 3.8) is 0 Å². The molecule has 0 radical (unpaired) electrons. The molecule has 18 heavy (non-hydrogen) atoms. The Morgan fingerprint density at radius 2 is 2.17 bits per heavy atom. The van der Waals surface area contributed by atoms with Crippen molar-refractivity contribution >= 4 is 29.1 Å². The lowest BCUT2D eigenvalue weighted by molar-refractivity contribution is -0.131. The predicted molar refractivity (Wildman–Crippen MR) is 72.7 cm³/mol. The number of aromatic nitrogens is 1. The Morgan fingerprint density at radius 3 is 2.94 bits per heavy atom. The molecule has 1 unspecified atom stereocenters. The highest BCUT2D eigenvalue weighted by atomic mass is 35.5. The summed E-state index contributed by atoms with van der Waals surface area (Å²) in [5.74, 6) is 0.777. The molecule has 0 N–H and O–H groups in total. The second kappa shape index (κ2) is 5.89. The van der Waals surface area contributed by atoms with Crippen LogP contribution >= 0.6 is 23.2 Å². The summed E-state index contributed by atoms with van der Waals surface area (Å²) in [5.41, 5.74) is 0.673. The van der Waals surface area contributed by atoms with Gasteiger partial charge in [-0.25, -0.2) is 4.98 Å². The van der Waals surface area contributed by atoms with Gasteiger partial charge in [0.1, 0.15) is 5.15 Å². The molecule has 0 aliphatic carbocycles. The van der Waals surface area contributed by atoms with Gasteiger partial charge in [0.2, 0.25) is 5.91 Å². The third-order valence-corrected chi connectivity index (χ3v) is 3.88. The van der Waals surface area contributed by atoms with Crippen LogP contribution < -0.4 is 0 Å². The van der Waals surface area contributed by atoms with Crippen molar-refractivity contribution in [3.05, 3.63) is 28.0 Å². The zero-order valence-electron chi connectivity index (χ0n) is 10.3. The molecule has 0 bridgehead atoms. The Hall–Kier alpha value is -0.800. The van der Waals surface area contributed by atoms with E-state index < -0.39 is 0 Å². The summed E-state index contributed by atoms with van der Waals surface area (Å²) in [6, 6.07) is 3.37. The van der Waals surface area contributed by atoms with Gasteiger partial charge in [-0.1, -0.05) is 30.1 Å². The number of likely N-dealkylation sites (tertiary alicyclic amines) is 1. The molecule has 1 aliphatic heterocycles. The maximum absolute atomic E-state index is 12.0. The molecule has 5 heteroatoms. The van der Waals surface area contributed by atoms with Crippen LogP contribution in [0, 0.1) is 5.92 Å². The van der Waals surface area contributed by atoms with E-state index in [0.717, 1.165) is 19.4 Å². The second-order valence-corrected chi connectivity index (χ2v) is 5.60. The number of carbonyl (C=O) groups is 1. The zero-order chi connectivity index (χ0) is 13.1. The molecule has 1 amide bonds. The minimum absolute atomic E-state index is 0.178. The van der Waals surface area contributed by atoms with Crippen molar-refractivity contribution in [2.45, 2.75) is 32.7 Å². The molecule has 2 heterocycles. The summed E-state index contributed by atoms with van der Waals surface area (Å²) in [7, 11) is 0. The van der Waals surface area contributed by atoms with E-state index in [0.29, 0.717) is 34.8 Å². The van der Waals surface area contributed by atoms with Gasteiger partial charge in [-0.3, -0.25) is 4.79 Å². The Bertz CT molecular complexity index is 451. The lowest BCUT2D eigenvalue weighted by Gasteiger charge is -2.20. The molecule has 2 rings (SSSR count). The molecule has 0 saturated carbocycles. The Labute approximate surface area is 117 Å². The van der Waals surface area contributed by atoms with Crippen LogP contribution in [0.2, 0.25) is 10.2 Å². The van der Waals surface area contributed by atoms with Crippen LogP contribution in [0.3, 0.4) is 0 Å². The van der Waals surface area contributed by atoms with Crippen LogP contribution in [0.1, 0.15) is 31.9 Å². The molecular weight excluding hydrogens is 271 g/mol. The third-order valence-electron chi connectivity index (χ3n) is 3.32. The Morgan fingerprint density at radius 1 is 1.39 bits per heavy atom. The van der Waals surface area contributed by atoms with Crippen molar-refractivity contribution in [2.24, 2.45) is 5.92 Å². The van der Waals surface area contributed by atoms with E-state index in [1.165, 1.54) is 0 Å². The zero-order valence-corrected chi connectivity index (χ0v) is 11.8. The maximum Gasteiger partial charge on any atom is 0.222 e. The van der Waals surface area contributed by atoms with Gasteiger partial charge in [0.25, 0.3) is 0 Å². The molecule has 1 atom stereocenters. The molecule has 1 aromatic rings. The van der Waals surface area contributed by atoms with E-state index in [-0.39, 0.29) is 5.91 Å². The third kappa shape index (κ3) is 3.36. The quantitative estimate of drug-likeness (QED) is 0.779. The minimum atomic E-state index is 0.178.